The Morgan fingerprint density at radius 1 is 1.39 bits per heavy atom. The number of aryl methyl sites for hydroxylation is 1. The van der Waals surface area contributed by atoms with Crippen LogP contribution in [0.3, 0.4) is 0 Å². The van der Waals surface area contributed by atoms with E-state index in [1.165, 1.54) is 7.05 Å². The first-order valence-corrected chi connectivity index (χ1v) is 7.06. The van der Waals surface area contributed by atoms with Crippen LogP contribution in [0, 0.1) is 6.92 Å². The molecule has 7 heteroatoms. The zero-order chi connectivity index (χ0) is 13.8. The van der Waals surface area contributed by atoms with Crippen molar-refractivity contribution in [3.05, 3.63) is 29.3 Å². The van der Waals surface area contributed by atoms with E-state index in [1.807, 2.05) is 6.92 Å². The molecule has 0 aromatic heterocycles. The molecule has 4 N–H and O–H groups in total. The van der Waals surface area contributed by atoms with Crippen molar-refractivity contribution in [3.8, 4) is 0 Å². The topological polar surface area (TPSA) is 101 Å². The Kier molecular flexibility index (Phi) is 4.69. The molecule has 0 spiro atoms. The lowest BCUT2D eigenvalue weighted by atomic mass is 10.1. The average molecular weight is 271 g/mol. The van der Waals surface area contributed by atoms with E-state index in [0.717, 1.165) is 5.56 Å². The first-order chi connectivity index (χ1) is 8.35. The van der Waals surface area contributed by atoms with Gasteiger partial charge in [-0.1, -0.05) is 11.6 Å². The third-order valence-corrected chi connectivity index (χ3v) is 3.78. The smallest absolute Gasteiger partial charge is 0.253 e. The van der Waals surface area contributed by atoms with Crippen LogP contribution in [-0.2, 0) is 10.0 Å². The van der Waals surface area contributed by atoms with Gasteiger partial charge in [-0.25, -0.2) is 13.1 Å². The number of benzene rings is 1. The van der Waals surface area contributed by atoms with Gasteiger partial charge in [-0.2, -0.15) is 0 Å². The summed E-state index contributed by atoms with van der Waals surface area (Å²) in [6.45, 7) is 1.89. The van der Waals surface area contributed by atoms with E-state index >= 15 is 0 Å². The third kappa shape index (κ3) is 4.01. The maximum Gasteiger partial charge on any atom is 0.253 e. The van der Waals surface area contributed by atoms with E-state index in [4.69, 9.17) is 5.73 Å². The number of hydrogen-bond donors (Lipinski definition) is 3. The molecular weight excluding hydrogens is 254 g/mol. The largest absolute Gasteiger partial charge is 0.398 e. The molecule has 0 heterocycles. The van der Waals surface area contributed by atoms with Crippen LogP contribution in [0.25, 0.3) is 0 Å². The van der Waals surface area contributed by atoms with Crippen molar-refractivity contribution in [2.75, 3.05) is 25.1 Å². The number of nitrogen functional groups attached to an aromatic ring is 1. The summed E-state index contributed by atoms with van der Waals surface area (Å²) in [5.74, 6) is -0.538. The third-order valence-electron chi connectivity index (χ3n) is 2.42. The van der Waals surface area contributed by atoms with Crippen LogP contribution in [0.1, 0.15) is 15.9 Å². The zero-order valence-electron chi connectivity index (χ0n) is 10.4. The molecule has 100 valence electrons. The van der Waals surface area contributed by atoms with Crippen molar-refractivity contribution < 1.29 is 13.2 Å². The van der Waals surface area contributed by atoms with Crippen LogP contribution in [0.15, 0.2) is 18.2 Å². The number of carbonyl (C=O) groups is 1. The minimum atomic E-state index is -3.31. The molecule has 18 heavy (non-hydrogen) atoms. The van der Waals surface area contributed by atoms with Crippen LogP contribution >= 0.6 is 0 Å². The van der Waals surface area contributed by atoms with E-state index in [-0.39, 0.29) is 18.2 Å². The fraction of sp³-hybridized carbons (Fsp3) is 0.364. The van der Waals surface area contributed by atoms with E-state index in [2.05, 4.69) is 10.0 Å². The van der Waals surface area contributed by atoms with Gasteiger partial charge >= 0.3 is 0 Å². The van der Waals surface area contributed by atoms with Crippen molar-refractivity contribution in [2.24, 2.45) is 0 Å². The van der Waals surface area contributed by atoms with Gasteiger partial charge in [-0.15, -0.1) is 0 Å². The number of nitrogens with two attached hydrogens (primary N) is 1. The van der Waals surface area contributed by atoms with Gasteiger partial charge < -0.3 is 11.1 Å². The predicted molar refractivity (Wildman–Crippen MR) is 70.8 cm³/mol. The maximum atomic E-state index is 11.8. The number of hydrogen-bond acceptors (Lipinski definition) is 4. The summed E-state index contributed by atoms with van der Waals surface area (Å²) in [5.41, 5.74) is 7.32. The van der Waals surface area contributed by atoms with E-state index in [1.54, 1.807) is 18.2 Å². The molecule has 0 saturated heterocycles. The van der Waals surface area contributed by atoms with Gasteiger partial charge in [0.15, 0.2) is 0 Å². The lowest BCUT2D eigenvalue weighted by molar-refractivity contribution is 0.0957. The van der Waals surface area contributed by atoms with Gasteiger partial charge in [-0.3, -0.25) is 4.79 Å². The molecule has 0 radical (unpaired) electrons. The summed E-state index contributed by atoms with van der Waals surface area (Å²) in [7, 11) is -1.98. The lowest BCUT2D eigenvalue weighted by Gasteiger charge is -2.08. The van der Waals surface area contributed by atoms with Crippen LogP contribution in [0.2, 0.25) is 0 Å². The SMILES string of the molecule is CNS(=O)(=O)CCNC(=O)c1cc(C)ccc1N. The summed E-state index contributed by atoms with van der Waals surface area (Å²) in [6.07, 6.45) is 0. The highest BCUT2D eigenvalue weighted by Crippen LogP contribution is 2.13. The predicted octanol–water partition coefficient (Wildman–Crippen LogP) is -0.144. The van der Waals surface area contributed by atoms with E-state index < -0.39 is 10.0 Å². The molecular formula is C11H17N3O3S. The zero-order valence-corrected chi connectivity index (χ0v) is 11.2. The van der Waals surface area contributed by atoms with Gasteiger partial charge in [0.2, 0.25) is 10.0 Å². The van der Waals surface area contributed by atoms with Gasteiger partial charge in [-0.05, 0) is 26.1 Å². The molecule has 0 unspecified atom stereocenters. The Bertz CT molecular complexity index is 540. The van der Waals surface area contributed by atoms with Crippen LogP contribution in [0.5, 0.6) is 0 Å². The first kappa shape index (κ1) is 14.5. The summed E-state index contributed by atoms with van der Waals surface area (Å²) in [4.78, 5) is 11.8. The van der Waals surface area contributed by atoms with Crippen molar-refractivity contribution >= 4 is 21.6 Å². The second-order valence-corrected chi connectivity index (χ2v) is 5.92. The maximum absolute atomic E-state index is 11.8. The van der Waals surface area contributed by atoms with Gasteiger partial charge in [0, 0.05) is 12.2 Å². The normalized spacial score (nSPS) is 11.2. The van der Waals surface area contributed by atoms with Gasteiger partial charge in [0.05, 0.1) is 11.3 Å². The van der Waals surface area contributed by atoms with Crippen molar-refractivity contribution in [2.45, 2.75) is 6.92 Å². The molecule has 1 amide bonds. The molecule has 1 aromatic carbocycles. The van der Waals surface area contributed by atoms with Gasteiger partial charge in [0.1, 0.15) is 0 Å². The molecule has 0 fully saturated rings. The number of sulfonamides is 1. The van der Waals surface area contributed by atoms with E-state index in [9.17, 15) is 13.2 Å². The summed E-state index contributed by atoms with van der Waals surface area (Å²) >= 11 is 0. The molecule has 0 aliphatic heterocycles. The minimum Gasteiger partial charge on any atom is -0.398 e. The van der Waals surface area contributed by atoms with Crippen LogP contribution in [-0.4, -0.2) is 33.7 Å². The number of anilines is 1. The monoisotopic (exact) mass is 271 g/mol. The summed E-state index contributed by atoms with van der Waals surface area (Å²) in [5, 5.41) is 2.52. The minimum absolute atomic E-state index is 0.0371. The second-order valence-electron chi connectivity index (χ2n) is 3.87. The van der Waals surface area contributed by atoms with Gasteiger partial charge in [0.25, 0.3) is 5.91 Å². The summed E-state index contributed by atoms with van der Waals surface area (Å²) in [6, 6.07) is 5.11. The Balaban J connectivity index is 2.64. The average Bonchev–Trinajstić information content (AvgIpc) is 2.32. The Morgan fingerprint density at radius 3 is 2.67 bits per heavy atom. The molecule has 0 atom stereocenters. The molecule has 1 rings (SSSR count). The number of rotatable bonds is 5. The Morgan fingerprint density at radius 2 is 2.06 bits per heavy atom. The highest BCUT2D eigenvalue weighted by Gasteiger charge is 2.11. The highest BCUT2D eigenvalue weighted by molar-refractivity contribution is 7.89. The standard InChI is InChI=1S/C11H17N3O3S/c1-8-3-4-10(12)9(7-8)11(15)14-5-6-18(16,17)13-2/h3-4,7,13H,5-6,12H2,1-2H3,(H,14,15). The fourth-order valence-corrected chi connectivity index (χ4v) is 1.94. The molecule has 0 aliphatic carbocycles. The molecule has 1 aromatic rings. The Labute approximate surface area is 107 Å². The lowest BCUT2D eigenvalue weighted by Crippen LogP contribution is -2.33. The number of amides is 1. The Hall–Kier alpha value is -1.60. The molecule has 0 aliphatic rings. The van der Waals surface area contributed by atoms with Crippen molar-refractivity contribution in [1.82, 2.24) is 10.0 Å². The van der Waals surface area contributed by atoms with Crippen molar-refractivity contribution in [3.63, 3.8) is 0 Å². The number of carbonyl (C=O) groups excluding carboxylic acids is 1. The fourth-order valence-electron chi connectivity index (χ4n) is 1.36. The summed E-state index contributed by atoms with van der Waals surface area (Å²) < 4.78 is 24.5. The van der Waals surface area contributed by atoms with Crippen LogP contribution in [0.4, 0.5) is 5.69 Å². The second kappa shape index (κ2) is 5.83. The van der Waals surface area contributed by atoms with Crippen molar-refractivity contribution in [1.29, 1.82) is 0 Å². The van der Waals surface area contributed by atoms with E-state index in [0.29, 0.717) is 11.3 Å². The molecule has 0 saturated carbocycles. The molecule has 6 nitrogen and oxygen atoms in total. The van der Waals surface area contributed by atoms with Crippen LogP contribution < -0.4 is 15.8 Å². The molecule has 0 bridgehead atoms. The number of nitrogens with one attached hydrogen (secondary N) is 2. The highest BCUT2D eigenvalue weighted by atomic mass is 32.2. The quantitative estimate of drug-likeness (QED) is 0.648. The first-order valence-electron chi connectivity index (χ1n) is 5.41.